The van der Waals surface area contributed by atoms with Crippen LogP contribution in [0.25, 0.3) is 0 Å². The summed E-state index contributed by atoms with van der Waals surface area (Å²) >= 11 is 1.40. The molecule has 92 valence electrons. The van der Waals surface area contributed by atoms with Crippen LogP contribution >= 0.6 is 11.8 Å². The van der Waals surface area contributed by atoms with Gasteiger partial charge < -0.3 is 11.1 Å². The number of aryl methyl sites for hydroxylation is 1. The Morgan fingerprint density at radius 1 is 1.53 bits per heavy atom. The second-order valence-corrected chi connectivity index (χ2v) is 4.67. The van der Waals surface area contributed by atoms with Gasteiger partial charge in [-0.25, -0.2) is 0 Å². The Morgan fingerprint density at radius 3 is 2.82 bits per heavy atom. The van der Waals surface area contributed by atoms with Crippen LogP contribution in [0.2, 0.25) is 0 Å². The van der Waals surface area contributed by atoms with E-state index in [1.54, 1.807) is 0 Å². The van der Waals surface area contributed by atoms with Crippen LogP contribution in [0.4, 0.5) is 0 Å². The number of rotatable bonds is 5. The fourth-order valence-electron chi connectivity index (χ4n) is 1.37. The fourth-order valence-corrected chi connectivity index (χ4v) is 2.25. The summed E-state index contributed by atoms with van der Waals surface area (Å²) in [6.07, 6.45) is 0. The van der Waals surface area contributed by atoms with Gasteiger partial charge in [-0.05, 0) is 26.0 Å². The van der Waals surface area contributed by atoms with E-state index in [2.05, 4.69) is 5.32 Å². The Labute approximate surface area is 105 Å². The predicted molar refractivity (Wildman–Crippen MR) is 71.6 cm³/mol. The van der Waals surface area contributed by atoms with E-state index in [-0.39, 0.29) is 11.7 Å². The van der Waals surface area contributed by atoms with Crippen molar-refractivity contribution in [2.75, 3.05) is 12.3 Å². The molecule has 0 fully saturated rings. The highest BCUT2D eigenvalue weighted by atomic mass is 32.2. The molecule has 1 aromatic rings. The number of thioether (sulfide) groups is 1. The largest absolute Gasteiger partial charge is 0.384 e. The number of nitrogen functional groups attached to an aromatic ring is 1. The molecular weight excluding hydrogens is 234 g/mol. The highest BCUT2D eigenvalue weighted by molar-refractivity contribution is 8.00. The third-order valence-corrected chi connectivity index (χ3v) is 3.23. The molecule has 5 heteroatoms. The number of carbonyl (C=O) groups excluding carboxylic acids is 1. The first-order valence-electron chi connectivity index (χ1n) is 5.39. The molecule has 0 atom stereocenters. The average Bonchev–Trinajstić information content (AvgIpc) is 2.27. The molecule has 1 rings (SSSR count). The molecule has 0 spiro atoms. The lowest BCUT2D eigenvalue weighted by molar-refractivity contribution is -0.118. The van der Waals surface area contributed by atoms with Gasteiger partial charge in [0.25, 0.3) is 0 Å². The van der Waals surface area contributed by atoms with E-state index in [4.69, 9.17) is 11.1 Å². The van der Waals surface area contributed by atoms with E-state index in [0.717, 1.165) is 10.5 Å². The fraction of sp³-hybridized carbons (Fsp3) is 0.333. The molecule has 1 aromatic carbocycles. The third-order valence-electron chi connectivity index (χ3n) is 2.16. The Hall–Kier alpha value is -1.49. The quantitative estimate of drug-likeness (QED) is 0.421. The minimum Gasteiger partial charge on any atom is -0.384 e. The summed E-state index contributed by atoms with van der Waals surface area (Å²) in [4.78, 5) is 12.2. The van der Waals surface area contributed by atoms with Gasteiger partial charge in [0.15, 0.2) is 0 Å². The summed E-state index contributed by atoms with van der Waals surface area (Å²) in [6.45, 7) is 4.47. The van der Waals surface area contributed by atoms with Crippen molar-refractivity contribution >= 4 is 23.5 Å². The van der Waals surface area contributed by atoms with Gasteiger partial charge in [-0.3, -0.25) is 10.2 Å². The highest BCUT2D eigenvalue weighted by Gasteiger charge is 2.08. The molecule has 0 aromatic heterocycles. The maximum Gasteiger partial charge on any atom is 0.230 e. The van der Waals surface area contributed by atoms with Crippen molar-refractivity contribution in [2.24, 2.45) is 5.73 Å². The van der Waals surface area contributed by atoms with Gasteiger partial charge in [-0.15, -0.1) is 11.8 Å². The van der Waals surface area contributed by atoms with Gasteiger partial charge in [0, 0.05) is 17.0 Å². The van der Waals surface area contributed by atoms with Gasteiger partial charge in [0.2, 0.25) is 5.91 Å². The maximum atomic E-state index is 11.3. The van der Waals surface area contributed by atoms with Crippen LogP contribution in [-0.2, 0) is 4.79 Å². The monoisotopic (exact) mass is 251 g/mol. The van der Waals surface area contributed by atoms with Gasteiger partial charge in [0.05, 0.1) is 5.75 Å². The number of nitrogens with two attached hydrogens (primary N) is 1. The first kappa shape index (κ1) is 13.6. The molecule has 0 unspecified atom stereocenters. The zero-order valence-corrected chi connectivity index (χ0v) is 10.9. The van der Waals surface area contributed by atoms with Gasteiger partial charge in [-0.2, -0.15) is 0 Å². The van der Waals surface area contributed by atoms with E-state index in [1.165, 1.54) is 11.8 Å². The molecule has 1 amide bonds. The standard InChI is InChI=1S/C12H17N3OS/c1-3-15-11(16)7-17-10-5-4-8(2)6-9(10)12(13)14/h4-6H,3,7H2,1-2H3,(H3,13,14)(H,15,16). The minimum absolute atomic E-state index is 0.00687. The Morgan fingerprint density at radius 2 is 2.24 bits per heavy atom. The first-order chi connectivity index (χ1) is 8.04. The number of carbonyl (C=O) groups is 1. The molecule has 0 radical (unpaired) electrons. The SMILES string of the molecule is CCNC(=O)CSc1ccc(C)cc1C(=N)N. The smallest absolute Gasteiger partial charge is 0.230 e. The molecule has 0 heterocycles. The molecule has 0 saturated heterocycles. The minimum atomic E-state index is -0.00687. The molecular formula is C12H17N3OS. The van der Waals surface area contributed by atoms with Crippen LogP contribution in [0.3, 0.4) is 0 Å². The lowest BCUT2D eigenvalue weighted by atomic mass is 10.1. The summed E-state index contributed by atoms with van der Waals surface area (Å²) in [5.74, 6) is 0.372. The normalized spacial score (nSPS) is 10.0. The average molecular weight is 251 g/mol. The topological polar surface area (TPSA) is 79.0 Å². The van der Waals surface area contributed by atoms with Crippen molar-refractivity contribution in [1.29, 1.82) is 5.41 Å². The van der Waals surface area contributed by atoms with Crippen LogP contribution in [-0.4, -0.2) is 24.0 Å². The second-order valence-electron chi connectivity index (χ2n) is 3.66. The number of amidine groups is 1. The summed E-state index contributed by atoms with van der Waals surface area (Å²) in [5.41, 5.74) is 7.27. The number of hydrogen-bond acceptors (Lipinski definition) is 3. The molecule has 0 aliphatic carbocycles. The third kappa shape index (κ3) is 4.11. The molecule has 0 aliphatic heterocycles. The number of nitrogens with one attached hydrogen (secondary N) is 2. The molecule has 0 bridgehead atoms. The van der Waals surface area contributed by atoms with Gasteiger partial charge >= 0.3 is 0 Å². The number of amides is 1. The summed E-state index contributed by atoms with van der Waals surface area (Å²) in [5, 5.41) is 10.2. The first-order valence-corrected chi connectivity index (χ1v) is 6.37. The van der Waals surface area contributed by atoms with Crippen molar-refractivity contribution in [3.8, 4) is 0 Å². The predicted octanol–water partition coefficient (Wildman–Crippen LogP) is 1.51. The van der Waals surface area contributed by atoms with Crippen LogP contribution in [0.15, 0.2) is 23.1 Å². The summed E-state index contributed by atoms with van der Waals surface area (Å²) in [7, 11) is 0. The van der Waals surface area contributed by atoms with Crippen molar-refractivity contribution in [2.45, 2.75) is 18.7 Å². The Balaban J connectivity index is 2.77. The number of hydrogen-bond donors (Lipinski definition) is 3. The zero-order chi connectivity index (χ0) is 12.8. The van der Waals surface area contributed by atoms with Gasteiger partial charge in [0.1, 0.15) is 5.84 Å². The number of benzene rings is 1. The molecule has 0 saturated carbocycles. The van der Waals surface area contributed by atoms with Crippen molar-refractivity contribution in [3.63, 3.8) is 0 Å². The highest BCUT2D eigenvalue weighted by Crippen LogP contribution is 2.23. The van der Waals surface area contributed by atoms with Crippen LogP contribution in [0.1, 0.15) is 18.1 Å². The summed E-state index contributed by atoms with van der Waals surface area (Å²) < 4.78 is 0. The maximum absolute atomic E-state index is 11.3. The van der Waals surface area contributed by atoms with Crippen LogP contribution < -0.4 is 11.1 Å². The Bertz CT molecular complexity index is 432. The van der Waals surface area contributed by atoms with Crippen molar-refractivity contribution in [1.82, 2.24) is 5.32 Å². The van der Waals surface area contributed by atoms with Gasteiger partial charge in [-0.1, -0.05) is 11.6 Å². The van der Waals surface area contributed by atoms with E-state index in [9.17, 15) is 4.79 Å². The lowest BCUT2D eigenvalue weighted by Gasteiger charge is -2.08. The van der Waals surface area contributed by atoms with E-state index in [0.29, 0.717) is 17.9 Å². The molecule has 0 aliphatic rings. The second kappa shape index (κ2) is 6.30. The van der Waals surface area contributed by atoms with E-state index < -0.39 is 0 Å². The molecule has 4 nitrogen and oxygen atoms in total. The van der Waals surface area contributed by atoms with Crippen molar-refractivity contribution < 1.29 is 4.79 Å². The van der Waals surface area contributed by atoms with E-state index >= 15 is 0 Å². The van der Waals surface area contributed by atoms with Crippen LogP contribution in [0, 0.1) is 12.3 Å². The van der Waals surface area contributed by atoms with Crippen LogP contribution in [0.5, 0.6) is 0 Å². The molecule has 17 heavy (non-hydrogen) atoms. The Kier molecular flexibility index (Phi) is 5.03. The lowest BCUT2D eigenvalue weighted by Crippen LogP contribution is -2.24. The zero-order valence-electron chi connectivity index (χ0n) is 10.0. The molecule has 4 N–H and O–H groups in total. The van der Waals surface area contributed by atoms with Crippen molar-refractivity contribution in [3.05, 3.63) is 29.3 Å². The van der Waals surface area contributed by atoms with E-state index in [1.807, 2.05) is 32.0 Å². The summed E-state index contributed by atoms with van der Waals surface area (Å²) in [6, 6.07) is 5.71.